The lowest BCUT2D eigenvalue weighted by atomic mass is 9.60. The summed E-state index contributed by atoms with van der Waals surface area (Å²) in [5, 5.41) is 0. The van der Waals surface area contributed by atoms with Crippen LogP contribution in [0.2, 0.25) is 0 Å². The Labute approximate surface area is 206 Å². The monoisotopic (exact) mass is 491 g/mol. The number of carbonyl (C=O) groups excluding carboxylic acids is 1. The zero-order chi connectivity index (χ0) is 26.2. The van der Waals surface area contributed by atoms with Crippen LogP contribution >= 0.6 is 0 Å². The first-order valence-corrected chi connectivity index (χ1v) is 12.7. The highest BCUT2D eigenvalue weighted by molar-refractivity contribution is 6.10. The van der Waals surface area contributed by atoms with E-state index in [-0.39, 0.29) is 40.5 Å². The average Bonchev–Trinajstić information content (AvgIpc) is 2.74. The zero-order valence-corrected chi connectivity index (χ0v) is 21.7. The van der Waals surface area contributed by atoms with E-state index >= 15 is 4.39 Å². The van der Waals surface area contributed by atoms with Gasteiger partial charge < -0.3 is 0 Å². The molecule has 0 saturated heterocycles. The molecule has 1 heterocycles. The molecule has 0 fully saturated rings. The number of alkyl halides is 3. The second kappa shape index (κ2) is 10.0. The first-order chi connectivity index (χ1) is 16.3. The van der Waals surface area contributed by atoms with Crippen molar-refractivity contribution in [2.75, 3.05) is 0 Å². The van der Waals surface area contributed by atoms with Crippen LogP contribution in [0.15, 0.2) is 51.9 Å². The van der Waals surface area contributed by atoms with Gasteiger partial charge in [0.25, 0.3) is 0 Å². The first-order valence-electron chi connectivity index (χ1n) is 12.7. The van der Waals surface area contributed by atoms with Gasteiger partial charge >= 0.3 is 6.18 Å². The molecule has 2 unspecified atom stereocenters. The van der Waals surface area contributed by atoms with Crippen LogP contribution in [0.5, 0.6) is 0 Å². The Morgan fingerprint density at radius 3 is 2.40 bits per heavy atom. The van der Waals surface area contributed by atoms with Gasteiger partial charge in [-0.2, -0.15) is 13.2 Å². The number of halogens is 4. The largest absolute Gasteiger partial charge is 0.416 e. The number of unbranched alkanes of at least 4 members (excludes halogenated alkanes) is 2. The third-order valence-corrected chi connectivity index (χ3v) is 7.53. The van der Waals surface area contributed by atoms with Crippen LogP contribution < -0.4 is 0 Å². The van der Waals surface area contributed by atoms with E-state index in [9.17, 15) is 18.0 Å². The van der Waals surface area contributed by atoms with Gasteiger partial charge in [-0.1, -0.05) is 65.2 Å². The Morgan fingerprint density at radius 1 is 1.11 bits per heavy atom. The van der Waals surface area contributed by atoms with E-state index in [0.717, 1.165) is 31.4 Å². The van der Waals surface area contributed by atoms with Gasteiger partial charge in [0.2, 0.25) is 0 Å². The molecule has 1 aliphatic carbocycles. The Morgan fingerprint density at radius 2 is 1.80 bits per heavy atom. The van der Waals surface area contributed by atoms with Crippen LogP contribution in [0.3, 0.4) is 0 Å². The van der Waals surface area contributed by atoms with Gasteiger partial charge in [0.05, 0.1) is 11.0 Å². The van der Waals surface area contributed by atoms with Crippen molar-refractivity contribution in [3.63, 3.8) is 0 Å². The molecular weight excluding hydrogens is 454 g/mol. The molecule has 192 valence electrons. The van der Waals surface area contributed by atoms with Crippen LogP contribution in [0.25, 0.3) is 0 Å². The van der Waals surface area contributed by atoms with Crippen LogP contribution in [0, 0.1) is 11.3 Å². The minimum atomic E-state index is -4.55. The van der Waals surface area contributed by atoms with Gasteiger partial charge in [-0.25, -0.2) is 4.39 Å². The van der Waals surface area contributed by atoms with E-state index in [0.29, 0.717) is 36.2 Å². The summed E-state index contributed by atoms with van der Waals surface area (Å²) in [7, 11) is 0. The van der Waals surface area contributed by atoms with Crippen molar-refractivity contribution in [2.24, 2.45) is 16.3 Å². The first kappa shape index (κ1) is 27.3. The molecule has 2 atom stereocenters. The zero-order valence-electron chi connectivity index (χ0n) is 21.7. The molecule has 0 N–H and O–H groups in total. The molecule has 1 aromatic rings. The van der Waals surface area contributed by atoms with Crippen molar-refractivity contribution >= 4 is 11.5 Å². The van der Waals surface area contributed by atoms with E-state index in [1.807, 2.05) is 20.8 Å². The molecule has 6 heteroatoms. The highest BCUT2D eigenvalue weighted by atomic mass is 19.4. The quantitative estimate of drug-likeness (QED) is 0.277. The summed E-state index contributed by atoms with van der Waals surface area (Å²) >= 11 is 0. The third-order valence-electron chi connectivity index (χ3n) is 7.53. The molecule has 0 aromatic heterocycles. The number of benzene rings is 1. The molecule has 2 nitrogen and oxygen atoms in total. The molecular formula is C29H37F4NO. The number of nitrogens with zero attached hydrogens (tertiary/aromatic N) is 1. The number of hydrogen-bond acceptors (Lipinski definition) is 2. The maximum Gasteiger partial charge on any atom is 0.416 e. The lowest BCUT2D eigenvalue weighted by molar-refractivity contribution is -0.137. The number of carbonyl (C=O) groups is 1. The fourth-order valence-electron chi connectivity index (χ4n) is 5.76. The molecule has 2 aliphatic rings. The number of hydrogen-bond donors (Lipinski definition) is 0. The number of ketones is 1. The number of allylic oxidation sites excluding steroid dienone is 4. The number of aliphatic imine (C=N–C) groups is 1. The number of Topliss-reactive ketones (excluding diaryl/α,β-unsaturated/α-hetero) is 1. The van der Waals surface area contributed by atoms with Crippen molar-refractivity contribution in [1.82, 2.24) is 0 Å². The highest BCUT2D eigenvalue weighted by Gasteiger charge is 2.50. The summed E-state index contributed by atoms with van der Waals surface area (Å²) in [4.78, 5) is 18.3. The Bertz CT molecular complexity index is 1080. The van der Waals surface area contributed by atoms with Gasteiger partial charge in [-0.05, 0) is 50.2 Å². The lowest BCUT2D eigenvalue weighted by Crippen LogP contribution is -2.42. The molecule has 0 spiro atoms. The van der Waals surface area contributed by atoms with Crippen LogP contribution in [0.1, 0.15) is 97.6 Å². The smallest absolute Gasteiger partial charge is 0.294 e. The highest BCUT2D eigenvalue weighted by Crippen LogP contribution is 2.53. The Kier molecular flexibility index (Phi) is 7.83. The average molecular weight is 492 g/mol. The lowest BCUT2D eigenvalue weighted by Gasteiger charge is -2.44. The van der Waals surface area contributed by atoms with Crippen LogP contribution in [-0.2, 0) is 16.4 Å². The molecule has 0 amide bonds. The predicted molar refractivity (Wildman–Crippen MR) is 133 cm³/mol. The molecule has 1 aromatic carbocycles. The van der Waals surface area contributed by atoms with Crippen molar-refractivity contribution < 1.29 is 22.4 Å². The summed E-state index contributed by atoms with van der Waals surface area (Å²) in [5.74, 6) is -0.894. The Hall–Kier alpha value is -2.24. The van der Waals surface area contributed by atoms with Crippen LogP contribution in [0.4, 0.5) is 17.6 Å². The molecule has 3 rings (SSSR count). The molecule has 0 radical (unpaired) electrons. The summed E-state index contributed by atoms with van der Waals surface area (Å²) in [6.07, 6.45) is 0.301. The maximum atomic E-state index is 16.4. The SMILES string of the molecule is CCCCCC(CC)C(F)=C1C(C)=NC2=C(C(=O)CC(C)(C)C2)C1(C)c1cccc(C(F)(F)F)c1. The van der Waals surface area contributed by atoms with E-state index in [2.05, 4.69) is 6.92 Å². The third kappa shape index (κ3) is 5.31. The summed E-state index contributed by atoms with van der Waals surface area (Å²) < 4.78 is 57.4. The second-order valence-electron chi connectivity index (χ2n) is 11.0. The van der Waals surface area contributed by atoms with Gasteiger partial charge in [-0.15, -0.1) is 0 Å². The standard InChI is InChI=1S/C29H37F4NO/c1-7-9-10-12-19(8-2)26(30)24-18(3)34-22-16-27(4,5)17-23(35)25(22)28(24,6)20-13-11-14-21(15-20)29(31,32)33/h11,13-15,19H,7-10,12,16-17H2,1-6H3. The second-order valence-corrected chi connectivity index (χ2v) is 11.0. The van der Waals surface area contributed by atoms with E-state index in [1.165, 1.54) is 6.07 Å². The van der Waals surface area contributed by atoms with Crippen molar-refractivity contribution in [1.29, 1.82) is 0 Å². The summed E-state index contributed by atoms with van der Waals surface area (Å²) in [6.45, 7) is 11.4. The maximum absolute atomic E-state index is 16.4. The van der Waals surface area contributed by atoms with E-state index < -0.39 is 17.2 Å². The normalized spacial score (nSPS) is 24.7. The molecule has 0 bridgehead atoms. The van der Waals surface area contributed by atoms with Crippen molar-refractivity contribution in [2.45, 2.75) is 98.1 Å². The minimum Gasteiger partial charge on any atom is -0.294 e. The fraction of sp³-hybridized carbons (Fsp3) is 0.586. The molecule has 35 heavy (non-hydrogen) atoms. The van der Waals surface area contributed by atoms with Gasteiger partial charge in [0.1, 0.15) is 5.83 Å². The molecule has 1 aliphatic heterocycles. The fourth-order valence-corrected chi connectivity index (χ4v) is 5.76. The minimum absolute atomic E-state index is 0.170. The topological polar surface area (TPSA) is 29.4 Å². The number of rotatable bonds is 7. The van der Waals surface area contributed by atoms with Gasteiger partial charge in [-0.3, -0.25) is 9.79 Å². The van der Waals surface area contributed by atoms with Gasteiger partial charge in [0, 0.05) is 34.9 Å². The summed E-state index contributed by atoms with van der Waals surface area (Å²) in [5.41, 5.74) is -0.590. The van der Waals surface area contributed by atoms with E-state index in [1.54, 1.807) is 19.9 Å². The predicted octanol–water partition coefficient (Wildman–Crippen LogP) is 8.91. The van der Waals surface area contributed by atoms with Crippen molar-refractivity contribution in [3.8, 4) is 0 Å². The van der Waals surface area contributed by atoms with E-state index in [4.69, 9.17) is 4.99 Å². The molecule has 0 saturated carbocycles. The Balaban J connectivity index is 2.31. The van der Waals surface area contributed by atoms with Gasteiger partial charge in [0.15, 0.2) is 5.78 Å². The van der Waals surface area contributed by atoms with Crippen LogP contribution in [-0.4, -0.2) is 11.5 Å². The summed E-state index contributed by atoms with van der Waals surface area (Å²) in [6, 6.07) is 5.01. The van der Waals surface area contributed by atoms with Crippen molar-refractivity contribution in [3.05, 3.63) is 58.1 Å².